The lowest BCUT2D eigenvalue weighted by Crippen LogP contribution is -2.37. The van der Waals surface area contributed by atoms with Crippen molar-refractivity contribution in [2.75, 3.05) is 13.1 Å². The molecule has 1 aromatic rings. The normalized spacial score (nSPS) is 19.6. The van der Waals surface area contributed by atoms with E-state index in [0.29, 0.717) is 18.2 Å². The maximum absolute atomic E-state index is 12.1. The first kappa shape index (κ1) is 12.1. The first-order valence-corrected chi connectivity index (χ1v) is 6.11. The summed E-state index contributed by atoms with van der Waals surface area (Å²) in [5, 5.41) is 10.6. The maximum atomic E-state index is 12.1. The zero-order valence-corrected chi connectivity index (χ0v) is 10.7. The summed E-state index contributed by atoms with van der Waals surface area (Å²) < 4.78 is 1.75. The standard InChI is InChI=1S/C12H20N4O/c1-8-11(9(2)16(3)15-8)12(17)14-7-10-5-4-6-13-10/h10,13H,4-7H2,1-3H3,(H,14,17). The molecule has 1 atom stereocenters. The summed E-state index contributed by atoms with van der Waals surface area (Å²) in [6.07, 6.45) is 2.34. The summed E-state index contributed by atoms with van der Waals surface area (Å²) in [5.74, 6) is -0.0122. The van der Waals surface area contributed by atoms with Gasteiger partial charge in [-0.25, -0.2) is 0 Å². The van der Waals surface area contributed by atoms with Crippen molar-refractivity contribution in [1.29, 1.82) is 0 Å². The van der Waals surface area contributed by atoms with E-state index in [1.54, 1.807) is 4.68 Å². The Bertz CT molecular complexity index is 418. The minimum Gasteiger partial charge on any atom is -0.350 e. The molecule has 17 heavy (non-hydrogen) atoms. The fourth-order valence-electron chi connectivity index (χ4n) is 2.34. The molecule has 0 saturated carbocycles. The summed E-state index contributed by atoms with van der Waals surface area (Å²) in [4.78, 5) is 12.1. The van der Waals surface area contributed by atoms with Gasteiger partial charge in [-0.1, -0.05) is 0 Å². The van der Waals surface area contributed by atoms with Crippen LogP contribution in [0, 0.1) is 13.8 Å². The van der Waals surface area contributed by atoms with Crippen molar-refractivity contribution in [2.45, 2.75) is 32.7 Å². The molecule has 1 saturated heterocycles. The van der Waals surface area contributed by atoms with E-state index in [1.165, 1.54) is 6.42 Å². The Hall–Kier alpha value is -1.36. The molecule has 0 aliphatic carbocycles. The first-order valence-electron chi connectivity index (χ1n) is 6.11. The van der Waals surface area contributed by atoms with Crippen molar-refractivity contribution in [1.82, 2.24) is 20.4 Å². The van der Waals surface area contributed by atoms with E-state index < -0.39 is 0 Å². The van der Waals surface area contributed by atoms with Gasteiger partial charge in [-0.15, -0.1) is 0 Å². The van der Waals surface area contributed by atoms with Crippen molar-refractivity contribution in [3.63, 3.8) is 0 Å². The minimum atomic E-state index is -0.0122. The first-order chi connectivity index (χ1) is 8.09. The summed E-state index contributed by atoms with van der Waals surface area (Å²) in [6.45, 7) is 5.55. The van der Waals surface area contributed by atoms with Crippen LogP contribution in [-0.4, -0.2) is 34.8 Å². The quantitative estimate of drug-likeness (QED) is 0.804. The summed E-state index contributed by atoms with van der Waals surface area (Å²) >= 11 is 0. The van der Waals surface area contributed by atoms with Crippen molar-refractivity contribution < 1.29 is 4.79 Å². The molecule has 0 bridgehead atoms. The van der Waals surface area contributed by atoms with Gasteiger partial charge >= 0.3 is 0 Å². The number of aromatic nitrogens is 2. The molecule has 1 aromatic heterocycles. The third-order valence-electron chi connectivity index (χ3n) is 3.41. The monoisotopic (exact) mass is 236 g/mol. The Balaban J connectivity index is 1.99. The van der Waals surface area contributed by atoms with E-state index in [0.717, 1.165) is 24.4 Å². The Morgan fingerprint density at radius 1 is 1.59 bits per heavy atom. The Morgan fingerprint density at radius 2 is 2.35 bits per heavy atom. The van der Waals surface area contributed by atoms with Gasteiger partial charge in [0.1, 0.15) is 0 Å². The minimum absolute atomic E-state index is 0.0122. The summed E-state index contributed by atoms with van der Waals surface area (Å²) in [6, 6.07) is 0.427. The fraction of sp³-hybridized carbons (Fsp3) is 0.667. The van der Waals surface area contributed by atoms with Crippen molar-refractivity contribution in [3.05, 3.63) is 17.0 Å². The zero-order chi connectivity index (χ0) is 12.4. The molecular weight excluding hydrogens is 216 g/mol. The third-order valence-corrected chi connectivity index (χ3v) is 3.41. The van der Waals surface area contributed by atoms with Gasteiger partial charge in [0.15, 0.2) is 0 Å². The van der Waals surface area contributed by atoms with Crippen molar-refractivity contribution in [3.8, 4) is 0 Å². The third kappa shape index (κ3) is 2.49. The average Bonchev–Trinajstić information content (AvgIpc) is 2.86. The molecule has 5 nitrogen and oxygen atoms in total. The molecule has 0 radical (unpaired) electrons. The number of nitrogens with one attached hydrogen (secondary N) is 2. The lowest BCUT2D eigenvalue weighted by atomic mass is 10.1. The van der Waals surface area contributed by atoms with Crippen molar-refractivity contribution >= 4 is 5.91 Å². The highest BCUT2D eigenvalue weighted by Gasteiger charge is 2.19. The molecule has 1 amide bonds. The predicted molar refractivity (Wildman–Crippen MR) is 66.0 cm³/mol. The van der Waals surface area contributed by atoms with Gasteiger partial charge in [0, 0.05) is 25.3 Å². The molecular formula is C12H20N4O. The Kier molecular flexibility index (Phi) is 3.47. The number of aryl methyl sites for hydroxylation is 2. The average molecular weight is 236 g/mol. The summed E-state index contributed by atoms with van der Waals surface area (Å²) in [7, 11) is 1.86. The number of hydrogen-bond acceptors (Lipinski definition) is 3. The van der Waals surface area contributed by atoms with Gasteiger partial charge in [0.25, 0.3) is 5.91 Å². The highest BCUT2D eigenvalue weighted by atomic mass is 16.1. The van der Waals surface area contributed by atoms with Gasteiger partial charge in [-0.05, 0) is 33.2 Å². The molecule has 2 heterocycles. The van der Waals surface area contributed by atoms with Crippen LogP contribution in [0.5, 0.6) is 0 Å². The molecule has 1 aliphatic heterocycles. The van der Waals surface area contributed by atoms with Crippen molar-refractivity contribution in [2.24, 2.45) is 7.05 Å². The molecule has 0 aromatic carbocycles. The molecule has 5 heteroatoms. The second-order valence-corrected chi connectivity index (χ2v) is 4.67. The fourth-order valence-corrected chi connectivity index (χ4v) is 2.34. The van der Waals surface area contributed by atoms with Gasteiger partial charge < -0.3 is 10.6 Å². The second-order valence-electron chi connectivity index (χ2n) is 4.67. The van der Waals surface area contributed by atoms with Crippen LogP contribution < -0.4 is 10.6 Å². The number of carbonyl (C=O) groups excluding carboxylic acids is 1. The van der Waals surface area contributed by atoms with Crippen LogP contribution in [0.15, 0.2) is 0 Å². The number of hydrogen-bond donors (Lipinski definition) is 2. The van der Waals surface area contributed by atoms with Crippen LogP contribution in [0.3, 0.4) is 0 Å². The molecule has 94 valence electrons. The van der Waals surface area contributed by atoms with Crippen LogP contribution in [-0.2, 0) is 7.05 Å². The molecule has 2 N–H and O–H groups in total. The highest BCUT2D eigenvalue weighted by molar-refractivity contribution is 5.96. The molecule has 1 fully saturated rings. The SMILES string of the molecule is Cc1nn(C)c(C)c1C(=O)NCC1CCCN1. The van der Waals surface area contributed by atoms with Gasteiger partial charge in [0.05, 0.1) is 11.3 Å². The molecule has 0 spiro atoms. The molecule has 1 unspecified atom stereocenters. The topological polar surface area (TPSA) is 59.0 Å². The van der Waals surface area contributed by atoms with Crippen LogP contribution >= 0.6 is 0 Å². The van der Waals surface area contributed by atoms with E-state index >= 15 is 0 Å². The Labute approximate surface area is 102 Å². The second kappa shape index (κ2) is 4.87. The lowest BCUT2D eigenvalue weighted by molar-refractivity contribution is 0.0949. The lowest BCUT2D eigenvalue weighted by Gasteiger charge is -2.11. The van der Waals surface area contributed by atoms with E-state index in [9.17, 15) is 4.79 Å². The zero-order valence-electron chi connectivity index (χ0n) is 10.7. The van der Waals surface area contributed by atoms with Gasteiger partial charge in [-0.3, -0.25) is 9.48 Å². The smallest absolute Gasteiger partial charge is 0.255 e. The maximum Gasteiger partial charge on any atom is 0.255 e. The van der Waals surface area contributed by atoms with E-state index in [2.05, 4.69) is 15.7 Å². The number of rotatable bonds is 3. The van der Waals surface area contributed by atoms with Crippen LogP contribution in [0.2, 0.25) is 0 Å². The van der Waals surface area contributed by atoms with E-state index in [1.807, 2.05) is 20.9 Å². The van der Waals surface area contributed by atoms with Crippen LogP contribution in [0.25, 0.3) is 0 Å². The largest absolute Gasteiger partial charge is 0.350 e. The molecule has 2 rings (SSSR count). The number of amides is 1. The summed E-state index contributed by atoms with van der Waals surface area (Å²) in [5.41, 5.74) is 2.42. The molecule has 1 aliphatic rings. The predicted octanol–water partition coefficient (Wildman–Crippen LogP) is 0.519. The van der Waals surface area contributed by atoms with Gasteiger partial charge in [0.2, 0.25) is 0 Å². The van der Waals surface area contributed by atoms with E-state index in [4.69, 9.17) is 0 Å². The van der Waals surface area contributed by atoms with Gasteiger partial charge in [-0.2, -0.15) is 5.10 Å². The van der Waals surface area contributed by atoms with E-state index in [-0.39, 0.29) is 5.91 Å². The highest BCUT2D eigenvalue weighted by Crippen LogP contribution is 2.11. The number of nitrogens with zero attached hydrogens (tertiary/aromatic N) is 2. The Morgan fingerprint density at radius 3 is 2.88 bits per heavy atom. The number of carbonyl (C=O) groups is 1. The van der Waals surface area contributed by atoms with Crippen LogP contribution in [0.4, 0.5) is 0 Å². The van der Waals surface area contributed by atoms with Crippen LogP contribution in [0.1, 0.15) is 34.6 Å².